The van der Waals surface area contributed by atoms with Gasteiger partial charge in [-0.25, -0.2) is 9.97 Å². The lowest BCUT2D eigenvalue weighted by atomic mass is 9.80. The molecule has 5 rings (SSSR count). The summed E-state index contributed by atoms with van der Waals surface area (Å²) in [5, 5.41) is 24.2. The number of nitrogens with one attached hydrogen (secondary N) is 1. The molecular formula is C20H23ClN4O2. The molecule has 0 unspecified atom stereocenters. The van der Waals surface area contributed by atoms with Gasteiger partial charge in [-0.1, -0.05) is 18.5 Å². The smallest absolute Gasteiger partial charge is 0.140 e. The first-order chi connectivity index (χ1) is 13.0. The maximum Gasteiger partial charge on any atom is 0.140 e. The minimum atomic E-state index is -0.523. The summed E-state index contributed by atoms with van der Waals surface area (Å²) in [6.07, 6.45) is 2.57. The highest BCUT2D eigenvalue weighted by molar-refractivity contribution is 6.30. The zero-order valence-electron chi connectivity index (χ0n) is 15.2. The molecule has 142 valence electrons. The van der Waals surface area contributed by atoms with E-state index in [2.05, 4.69) is 39.2 Å². The highest BCUT2D eigenvalue weighted by Gasteiger charge is 2.49. The molecule has 1 saturated heterocycles. The zero-order valence-corrected chi connectivity index (χ0v) is 15.9. The first kappa shape index (κ1) is 17.4. The molecule has 0 amide bonds. The van der Waals surface area contributed by atoms with Crippen LogP contribution in [0.25, 0.3) is 0 Å². The third-order valence-corrected chi connectivity index (χ3v) is 6.64. The van der Waals surface area contributed by atoms with Crippen molar-refractivity contribution in [3.63, 3.8) is 0 Å². The van der Waals surface area contributed by atoms with Crippen LogP contribution in [-0.2, 0) is 5.41 Å². The molecule has 1 fully saturated rings. The topological polar surface area (TPSA) is 81.5 Å². The van der Waals surface area contributed by atoms with Gasteiger partial charge in [0.25, 0.3) is 0 Å². The van der Waals surface area contributed by atoms with E-state index in [0.717, 1.165) is 47.3 Å². The van der Waals surface area contributed by atoms with E-state index in [9.17, 15) is 10.2 Å². The summed E-state index contributed by atoms with van der Waals surface area (Å²) < 4.78 is 0. The highest BCUT2D eigenvalue weighted by atomic mass is 35.5. The monoisotopic (exact) mass is 386 g/mol. The molecule has 7 heteroatoms. The first-order valence-electron chi connectivity index (χ1n) is 9.47. The molecule has 0 bridgehead atoms. The number of nitrogens with zero attached hydrogens (tertiary/aromatic N) is 3. The molecule has 27 heavy (non-hydrogen) atoms. The van der Waals surface area contributed by atoms with Crippen molar-refractivity contribution in [1.82, 2.24) is 15.3 Å². The Morgan fingerprint density at radius 3 is 3.00 bits per heavy atom. The Morgan fingerprint density at radius 1 is 1.37 bits per heavy atom. The molecule has 2 aromatic rings. The highest BCUT2D eigenvalue weighted by Crippen LogP contribution is 2.52. The molecule has 3 N–H and O–H groups in total. The minimum absolute atomic E-state index is 0.0913. The van der Waals surface area contributed by atoms with Crippen molar-refractivity contribution in [1.29, 1.82) is 0 Å². The lowest BCUT2D eigenvalue weighted by molar-refractivity contribution is 0.170. The minimum Gasteiger partial charge on any atom is -0.395 e. The predicted octanol–water partition coefficient (Wildman–Crippen LogP) is 2.41. The van der Waals surface area contributed by atoms with Gasteiger partial charge in [-0.2, -0.15) is 0 Å². The van der Waals surface area contributed by atoms with Crippen LogP contribution in [-0.4, -0.2) is 45.9 Å². The molecule has 6 nitrogen and oxygen atoms in total. The molecule has 0 saturated carbocycles. The number of aromatic nitrogens is 2. The maximum atomic E-state index is 10.4. The molecule has 4 atom stereocenters. The third-order valence-electron chi connectivity index (χ3n) is 6.40. The molecule has 1 aromatic carbocycles. The van der Waals surface area contributed by atoms with Gasteiger partial charge in [-0.3, -0.25) is 0 Å². The van der Waals surface area contributed by atoms with E-state index in [0.29, 0.717) is 6.42 Å². The Balaban J connectivity index is 1.64. The summed E-state index contributed by atoms with van der Waals surface area (Å²) in [5.41, 5.74) is 4.01. The number of aliphatic hydroxyl groups is 2. The van der Waals surface area contributed by atoms with Crippen LogP contribution >= 0.6 is 11.6 Å². The Bertz CT molecular complexity index is 908. The SMILES string of the molecule is C[C@@H]1C[C@@H](O)c2ncnc(N3C[C@]4(CN[C@H](CO)C4)c4cc(Cl)ccc43)c21. The number of anilines is 2. The van der Waals surface area contributed by atoms with Gasteiger partial charge in [-0.05, 0) is 42.5 Å². The maximum absolute atomic E-state index is 10.4. The van der Waals surface area contributed by atoms with Crippen molar-refractivity contribution in [3.8, 4) is 0 Å². The number of hydrogen-bond acceptors (Lipinski definition) is 6. The molecule has 2 aliphatic heterocycles. The van der Waals surface area contributed by atoms with Crippen LogP contribution in [0.15, 0.2) is 24.5 Å². The van der Waals surface area contributed by atoms with Gasteiger partial charge in [0, 0.05) is 40.8 Å². The van der Waals surface area contributed by atoms with E-state index >= 15 is 0 Å². The summed E-state index contributed by atoms with van der Waals surface area (Å²) in [6.45, 7) is 3.82. The molecule has 3 heterocycles. The second-order valence-electron chi connectivity index (χ2n) is 8.14. The van der Waals surface area contributed by atoms with E-state index in [1.165, 1.54) is 5.56 Å². The number of aliphatic hydroxyl groups excluding tert-OH is 2. The van der Waals surface area contributed by atoms with Gasteiger partial charge >= 0.3 is 0 Å². The summed E-state index contributed by atoms with van der Waals surface area (Å²) in [7, 11) is 0. The van der Waals surface area contributed by atoms with Gasteiger partial charge in [-0.15, -0.1) is 0 Å². The Kier molecular flexibility index (Phi) is 3.95. The van der Waals surface area contributed by atoms with Crippen LogP contribution in [0, 0.1) is 0 Å². The summed E-state index contributed by atoms with van der Waals surface area (Å²) in [4.78, 5) is 11.2. The second-order valence-corrected chi connectivity index (χ2v) is 8.58. The van der Waals surface area contributed by atoms with Gasteiger partial charge in [0.05, 0.1) is 18.4 Å². The fourth-order valence-electron chi connectivity index (χ4n) is 5.16. The lowest BCUT2D eigenvalue weighted by Crippen LogP contribution is -2.34. The Labute approximate surface area is 163 Å². The van der Waals surface area contributed by atoms with Gasteiger partial charge in [0.15, 0.2) is 0 Å². The second kappa shape index (κ2) is 6.14. The molecule has 0 radical (unpaired) electrons. The lowest BCUT2D eigenvalue weighted by Gasteiger charge is -2.26. The quantitative estimate of drug-likeness (QED) is 0.735. The molecule has 1 aliphatic carbocycles. The number of fused-ring (bicyclic) bond motifs is 3. The van der Waals surface area contributed by atoms with Crippen LogP contribution in [0.2, 0.25) is 5.02 Å². The van der Waals surface area contributed by atoms with Crippen molar-refractivity contribution in [2.24, 2.45) is 0 Å². The number of benzene rings is 1. The van der Waals surface area contributed by atoms with Crippen molar-refractivity contribution in [3.05, 3.63) is 46.4 Å². The predicted molar refractivity (Wildman–Crippen MR) is 104 cm³/mol. The fraction of sp³-hybridized carbons (Fsp3) is 0.500. The largest absolute Gasteiger partial charge is 0.395 e. The standard InChI is InChI=1S/C20H23ClN4O2/c1-11-4-16(27)18-17(11)19(24-10-23-18)25-9-20(6-13(7-26)22-8-20)14-5-12(21)2-3-15(14)25/h2-3,5,10-11,13,16,22,26-27H,4,6-9H2,1H3/t11-,13+,16-,20+/m1/s1. The summed E-state index contributed by atoms with van der Waals surface area (Å²) in [5.74, 6) is 1.10. The van der Waals surface area contributed by atoms with E-state index in [4.69, 9.17) is 11.6 Å². The van der Waals surface area contributed by atoms with Crippen LogP contribution < -0.4 is 10.2 Å². The van der Waals surface area contributed by atoms with Crippen molar-refractivity contribution < 1.29 is 10.2 Å². The van der Waals surface area contributed by atoms with Crippen LogP contribution in [0.5, 0.6) is 0 Å². The van der Waals surface area contributed by atoms with Crippen LogP contribution in [0.4, 0.5) is 11.5 Å². The number of halogens is 1. The number of hydrogen-bond donors (Lipinski definition) is 3. The molecule has 3 aliphatic rings. The molecule has 1 aromatic heterocycles. The van der Waals surface area contributed by atoms with Crippen molar-refractivity contribution in [2.75, 3.05) is 24.6 Å². The van der Waals surface area contributed by atoms with Crippen molar-refractivity contribution in [2.45, 2.75) is 43.2 Å². The van der Waals surface area contributed by atoms with Crippen LogP contribution in [0.3, 0.4) is 0 Å². The van der Waals surface area contributed by atoms with E-state index < -0.39 is 6.10 Å². The fourth-order valence-corrected chi connectivity index (χ4v) is 5.33. The number of rotatable bonds is 2. The average Bonchev–Trinajstić information content (AvgIpc) is 3.31. The third kappa shape index (κ3) is 2.51. The van der Waals surface area contributed by atoms with E-state index in [1.807, 2.05) is 6.07 Å². The van der Waals surface area contributed by atoms with Gasteiger partial charge < -0.3 is 20.4 Å². The van der Waals surface area contributed by atoms with Crippen LogP contribution in [0.1, 0.15) is 48.6 Å². The zero-order chi connectivity index (χ0) is 18.8. The van der Waals surface area contributed by atoms with Gasteiger partial charge in [0.2, 0.25) is 0 Å². The normalized spacial score (nSPS) is 31.6. The summed E-state index contributed by atoms with van der Waals surface area (Å²) in [6, 6.07) is 6.12. The summed E-state index contributed by atoms with van der Waals surface area (Å²) >= 11 is 6.34. The molecule has 1 spiro atoms. The first-order valence-corrected chi connectivity index (χ1v) is 9.85. The molecular weight excluding hydrogens is 364 g/mol. The van der Waals surface area contributed by atoms with Crippen molar-refractivity contribution >= 4 is 23.1 Å². The average molecular weight is 387 g/mol. The van der Waals surface area contributed by atoms with E-state index in [1.54, 1.807) is 6.33 Å². The van der Waals surface area contributed by atoms with Gasteiger partial charge in [0.1, 0.15) is 12.1 Å². The Morgan fingerprint density at radius 2 is 2.22 bits per heavy atom. The Hall–Kier alpha value is -1.73. The van der Waals surface area contributed by atoms with E-state index in [-0.39, 0.29) is 24.0 Å².